The fourth-order valence-electron chi connectivity index (χ4n) is 1.11. The van der Waals surface area contributed by atoms with Gasteiger partial charge in [-0.2, -0.15) is 0 Å². The average molecular weight is 346 g/mol. The summed E-state index contributed by atoms with van der Waals surface area (Å²) < 4.78 is 54.9. The summed E-state index contributed by atoms with van der Waals surface area (Å²) in [6.07, 6.45) is 0.857. The molecule has 0 aliphatic heterocycles. The molecule has 0 saturated carbocycles. The van der Waals surface area contributed by atoms with Crippen LogP contribution in [0.4, 0.5) is 8.78 Å². The lowest BCUT2D eigenvalue weighted by atomic mass is 10.4. The number of phosphoric ester groups is 1. The molecular weight excluding hydrogens is 323 g/mol. The maximum absolute atomic E-state index is 11.9. The number of phosphoric acid groups is 1. The topological polar surface area (TPSA) is 74.2 Å². The van der Waals surface area contributed by atoms with Gasteiger partial charge in [0.25, 0.3) is 0 Å². The SMILES string of the molecule is C[N+](C)(C)CCOP(=O)(O)OCC(CO/C=C\F)O/C=C\F. The molecule has 1 N–H and O–H groups in total. The van der Waals surface area contributed by atoms with Crippen molar-refractivity contribution in [2.24, 2.45) is 0 Å². The first-order valence-corrected chi connectivity index (χ1v) is 7.89. The molecule has 7 nitrogen and oxygen atoms in total. The van der Waals surface area contributed by atoms with Crippen molar-refractivity contribution in [2.75, 3.05) is 47.5 Å². The summed E-state index contributed by atoms with van der Waals surface area (Å²) in [5.74, 6) is 0. The first-order valence-electron chi connectivity index (χ1n) is 6.40. The Morgan fingerprint density at radius 2 is 1.77 bits per heavy atom. The van der Waals surface area contributed by atoms with Gasteiger partial charge >= 0.3 is 7.82 Å². The van der Waals surface area contributed by atoms with Crippen LogP contribution in [0.1, 0.15) is 0 Å². The second-order valence-electron chi connectivity index (χ2n) is 5.23. The molecule has 10 heteroatoms. The molecule has 2 unspecified atom stereocenters. The molecule has 2 atom stereocenters. The molecule has 0 aromatic heterocycles. The van der Waals surface area contributed by atoms with Crippen LogP contribution in [-0.2, 0) is 23.1 Å². The Bertz CT molecular complexity index is 400. The number of likely N-dealkylation sites (N-methyl/N-ethyl adjacent to an activating group) is 1. The summed E-state index contributed by atoms with van der Waals surface area (Å²) in [4.78, 5) is 9.50. The van der Waals surface area contributed by atoms with Gasteiger partial charge < -0.3 is 18.9 Å². The van der Waals surface area contributed by atoms with Crippen LogP contribution >= 0.6 is 7.82 Å². The van der Waals surface area contributed by atoms with Crippen molar-refractivity contribution >= 4 is 7.82 Å². The van der Waals surface area contributed by atoms with E-state index in [1.807, 2.05) is 21.1 Å². The fourth-order valence-corrected chi connectivity index (χ4v) is 1.85. The summed E-state index contributed by atoms with van der Waals surface area (Å²) in [6.45, 7) is -0.0800. The molecular formula is C12H23F2NO6P+. The normalized spacial score (nSPS) is 16.8. The number of nitrogens with zero attached hydrogens (tertiary/aromatic N) is 1. The van der Waals surface area contributed by atoms with E-state index >= 15 is 0 Å². The monoisotopic (exact) mass is 346 g/mol. The molecule has 0 aliphatic rings. The summed E-state index contributed by atoms with van der Waals surface area (Å²) in [5.41, 5.74) is 0. The molecule has 0 fully saturated rings. The molecule has 0 amide bonds. The van der Waals surface area contributed by atoms with Crippen LogP contribution in [0.5, 0.6) is 0 Å². The minimum absolute atomic E-state index is 0.0221. The van der Waals surface area contributed by atoms with E-state index in [4.69, 9.17) is 18.5 Å². The van der Waals surface area contributed by atoms with Crippen molar-refractivity contribution in [3.63, 3.8) is 0 Å². The van der Waals surface area contributed by atoms with Gasteiger partial charge in [-0.05, 0) is 0 Å². The highest BCUT2D eigenvalue weighted by atomic mass is 31.2. The maximum atomic E-state index is 11.9. The van der Waals surface area contributed by atoms with Crippen LogP contribution in [0.15, 0.2) is 25.2 Å². The summed E-state index contributed by atoms with van der Waals surface area (Å²) in [7, 11) is 1.44. The van der Waals surface area contributed by atoms with Crippen LogP contribution in [0.25, 0.3) is 0 Å². The standard InChI is InChI=1S/C12H22F2NO6P/c1-15(2,3)6-9-20-22(16,17)21-11-12(19-8-5-14)10-18-7-4-13/h4-5,7-8,12H,6,9-11H2,1-3H3/p+1/b7-4-,8-5-. The van der Waals surface area contributed by atoms with Crippen molar-refractivity contribution in [3.05, 3.63) is 25.2 Å². The minimum Gasteiger partial charge on any atom is -0.495 e. The van der Waals surface area contributed by atoms with Gasteiger partial charge in [0, 0.05) is 0 Å². The third-order valence-corrected chi connectivity index (χ3v) is 3.18. The summed E-state index contributed by atoms with van der Waals surface area (Å²) in [6, 6.07) is 0. The van der Waals surface area contributed by atoms with Gasteiger partial charge in [0.05, 0.1) is 27.7 Å². The molecule has 0 saturated heterocycles. The number of ether oxygens (including phenoxy) is 2. The lowest BCUT2D eigenvalue weighted by Crippen LogP contribution is -2.37. The molecule has 0 aliphatic carbocycles. The van der Waals surface area contributed by atoms with Gasteiger partial charge in [0.2, 0.25) is 0 Å². The van der Waals surface area contributed by atoms with Gasteiger partial charge in [-0.1, -0.05) is 0 Å². The number of halogens is 2. The third kappa shape index (κ3) is 12.7. The zero-order valence-corrected chi connectivity index (χ0v) is 13.7. The molecule has 0 spiro atoms. The molecule has 0 heterocycles. The largest absolute Gasteiger partial charge is 0.495 e. The van der Waals surface area contributed by atoms with E-state index in [0.717, 1.165) is 12.5 Å². The number of quaternary nitrogens is 1. The van der Waals surface area contributed by atoms with Crippen LogP contribution in [0.2, 0.25) is 0 Å². The number of hydrogen-bond acceptors (Lipinski definition) is 5. The molecule has 0 bridgehead atoms. The Morgan fingerprint density at radius 1 is 1.14 bits per heavy atom. The van der Waals surface area contributed by atoms with Gasteiger partial charge in [0.15, 0.2) is 6.10 Å². The zero-order valence-electron chi connectivity index (χ0n) is 12.9. The van der Waals surface area contributed by atoms with E-state index in [2.05, 4.69) is 0 Å². The van der Waals surface area contributed by atoms with Gasteiger partial charge in [-0.25, -0.2) is 13.3 Å². The van der Waals surface area contributed by atoms with E-state index in [-0.39, 0.29) is 25.9 Å². The highest BCUT2D eigenvalue weighted by Gasteiger charge is 2.25. The number of rotatable bonds is 12. The third-order valence-electron chi connectivity index (χ3n) is 2.19. The van der Waals surface area contributed by atoms with E-state index in [9.17, 15) is 18.2 Å². The predicted octanol–water partition coefficient (Wildman–Crippen LogP) is 2.11. The first kappa shape index (κ1) is 21.0. The lowest BCUT2D eigenvalue weighted by molar-refractivity contribution is -0.870. The van der Waals surface area contributed by atoms with Crippen molar-refractivity contribution in [2.45, 2.75) is 6.10 Å². The maximum Gasteiger partial charge on any atom is 0.472 e. The molecule has 0 aromatic rings. The van der Waals surface area contributed by atoms with E-state index in [0.29, 0.717) is 11.0 Å². The van der Waals surface area contributed by atoms with Crippen LogP contribution in [0.3, 0.4) is 0 Å². The predicted molar refractivity (Wildman–Crippen MR) is 75.9 cm³/mol. The summed E-state index contributed by atoms with van der Waals surface area (Å²) >= 11 is 0. The molecule has 0 radical (unpaired) electrons. The lowest BCUT2D eigenvalue weighted by Gasteiger charge is -2.24. The second-order valence-corrected chi connectivity index (χ2v) is 6.68. The fraction of sp³-hybridized carbons (Fsp3) is 0.667. The minimum atomic E-state index is -4.26. The van der Waals surface area contributed by atoms with E-state index in [1.165, 1.54) is 0 Å². The smallest absolute Gasteiger partial charge is 0.472 e. The quantitative estimate of drug-likeness (QED) is 0.331. The Labute approximate surface area is 128 Å². The Morgan fingerprint density at radius 3 is 2.32 bits per heavy atom. The Balaban J connectivity index is 4.26. The summed E-state index contributed by atoms with van der Waals surface area (Å²) in [5, 5.41) is 0. The number of hydrogen-bond donors (Lipinski definition) is 1. The van der Waals surface area contributed by atoms with Crippen LogP contribution in [-0.4, -0.2) is 63.0 Å². The highest BCUT2D eigenvalue weighted by molar-refractivity contribution is 7.47. The van der Waals surface area contributed by atoms with Crippen LogP contribution < -0.4 is 0 Å². The Kier molecular flexibility index (Phi) is 10.2. The van der Waals surface area contributed by atoms with E-state index in [1.54, 1.807) is 0 Å². The average Bonchev–Trinajstić information content (AvgIpc) is 2.39. The first-order chi connectivity index (χ1) is 10.2. The van der Waals surface area contributed by atoms with E-state index < -0.39 is 20.5 Å². The van der Waals surface area contributed by atoms with Crippen molar-refractivity contribution in [3.8, 4) is 0 Å². The zero-order chi connectivity index (χ0) is 17.1. The molecule has 0 rings (SSSR count). The van der Waals surface area contributed by atoms with Crippen molar-refractivity contribution < 1.29 is 41.2 Å². The second kappa shape index (κ2) is 10.7. The molecule has 22 heavy (non-hydrogen) atoms. The van der Waals surface area contributed by atoms with Crippen molar-refractivity contribution in [1.82, 2.24) is 0 Å². The van der Waals surface area contributed by atoms with Gasteiger partial charge in [-0.3, -0.25) is 9.05 Å². The van der Waals surface area contributed by atoms with Crippen molar-refractivity contribution in [1.29, 1.82) is 0 Å². The Hall–Kier alpha value is -0.990. The molecule has 0 aromatic carbocycles. The van der Waals surface area contributed by atoms with Gasteiger partial charge in [-0.15, -0.1) is 0 Å². The molecule has 130 valence electrons. The van der Waals surface area contributed by atoms with Gasteiger partial charge in [0.1, 0.15) is 44.9 Å². The van der Waals surface area contributed by atoms with Crippen LogP contribution in [0, 0.1) is 0 Å². The highest BCUT2D eigenvalue weighted by Crippen LogP contribution is 2.43.